The number of hydrogen-bond acceptors (Lipinski definition) is 5. The lowest BCUT2D eigenvalue weighted by molar-refractivity contribution is 0.879. The van der Waals surface area contributed by atoms with Gasteiger partial charge in [0.1, 0.15) is 29.1 Å². The number of aromatic amines is 1. The number of nitriles is 2. The van der Waals surface area contributed by atoms with E-state index in [1.54, 1.807) is 29.2 Å². The molecule has 0 fully saturated rings. The number of rotatable bonds is 2. The van der Waals surface area contributed by atoms with Gasteiger partial charge < -0.3 is 10.7 Å². The molecule has 3 N–H and O–H groups in total. The Bertz CT molecular complexity index is 1060. The van der Waals surface area contributed by atoms with Gasteiger partial charge in [-0.05, 0) is 36.2 Å². The number of aromatic nitrogens is 3. The molecule has 0 saturated heterocycles. The fourth-order valence-electron chi connectivity index (χ4n) is 2.61. The molecule has 1 aromatic carbocycles. The van der Waals surface area contributed by atoms with Gasteiger partial charge in [0.25, 0.3) is 5.56 Å². The maximum absolute atomic E-state index is 12.0. The minimum absolute atomic E-state index is 0.0490. The van der Waals surface area contributed by atoms with Gasteiger partial charge in [-0.25, -0.2) is 4.68 Å². The van der Waals surface area contributed by atoms with Gasteiger partial charge in [-0.2, -0.15) is 15.6 Å². The molecule has 0 aliphatic heterocycles. The summed E-state index contributed by atoms with van der Waals surface area (Å²) in [6, 6.07) is 11.1. The summed E-state index contributed by atoms with van der Waals surface area (Å²) in [5, 5.41) is 22.9. The van der Waals surface area contributed by atoms with Crippen molar-refractivity contribution in [1.82, 2.24) is 14.8 Å². The molecule has 0 atom stereocenters. The predicted molar refractivity (Wildman–Crippen MR) is 88.2 cm³/mol. The summed E-state index contributed by atoms with van der Waals surface area (Å²) in [5.74, 6) is -0.0490. The van der Waals surface area contributed by atoms with Crippen molar-refractivity contribution in [1.29, 1.82) is 10.5 Å². The molecule has 116 valence electrons. The van der Waals surface area contributed by atoms with Crippen molar-refractivity contribution < 1.29 is 0 Å². The molecule has 0 aliphatic rings. The van der Waals surface area contributed by atoms with Gasteiger partial charge in [0.2, 0.25) is 0 Å². The Balaban J connectivity index is 2.30. The number of anilines is 1. The smallest absolute Gasteiger partial charge is 0.268 e. The number of hydrogen-bond donors (Lipinski definition) is 2. The van der Waals surface area contributed by atoms with Gasteiger partial charge >= 0.3 is 0 Å². The van der Waals surface area contributed by atoms with Crippen LogP contribution in [0, 0.1) is 29.6 Å². The van der Waals surface area contributed by atoms with Crippen molar-refractivity contribution >= 4 is 5.82 Å². The van der Waals surface area contributed by atoms with E-state index in [0.717, 1.165) is 11.3 Å². The summed E-state index contributed by atoms with van der Waals surface area (Å²) >= 11 is 0. The number of nitrogens with one attached hydrogen (secondary N) is 1. The second-order valence-corrected chi connectivity index (χ2v) is 5.17. The molecule has 0 aliphatic carbocycles. The highest BCUT2D eigenvalue weighted by atomic mass is 16.1. The van der Waals surface area contributed by atoms with Crippen LogP contribution in [0.25, 0.3) is 16.8 Å². The summed E-state index contributed by atoms with van der Waals surface area (Å²) in [4.78, 5) is 14.4. The minimum atomic E-state index is -0.612. The van der Waals surface area contributed by atoms with Crippen LogP contribution >= 0.6 is 0 Å². The van der Waals surface area contributed by atoms with E-state index in [4.69, 9.17) is 5.73 Å². The van der Waals surface area contributed by atoms with Gasteiger partial charge in [-0.3, -0.25) is 4.79 Å². The number of aryl methyl sites for hydroxylation is 1. The predicted octanol–water partition coefficient (Wildman–Crippen LogP) is 1.86. The molecule has 3 rings (SSSR count). The SMILES string of the molecule is Cc1cc(-n2cccn2)ccc1-c1c(C#N)c(N)[nH]c(=O)c1C#N. The first-order chi connectivity index (χ1) is 11.6. The Morgan fingerprint density at radius 2 is 2.00 bits per heavy atom. The Morgan fingerprint density at radius 1 is 1.25 bits per heavy atom. The summed E-state index contributed by atoms with van der Waals surface area (Å²) in [7, 11) is 0. The van der Waals surface area contributed by atoms with Crippen LogP contribution in [0.2, 0.25) is 0 Å². The van der Waals surface area contributed by atoms with Crippen LogP contribution in [-0.2, 0) is 0 Å². The third-order valence-corrected chi connectivity index (χ3v) is 3.72. The van der Waals surface area contributed by atoms with Crippen LogP contribution in [0.1, 0.15) is 16.7 Å². The zero-order valence-electron chi connectivity index (χ0n) is 12.7. The molecule has 0 bridgehead atoms. The van der Waals surface area contributed by atoms with Crippen LogP contribution in [0.3, 0.4) is 0 Å². The highest BCUT2D eigenvalue weighted by molar-refractivity contribution is 5.82. The lowest BCUT2D eigenvalue weighted by Gasteiger charge is -2.12. The lowest BCUT2D eigenvalue weighted by atomic mass is 9.93. The molecular weight excluding hydrogens is 304 g/mol. The molecule has 0 saturated carbocycles. The number of H-pyrrole nitrogens is 1. The fraction of sp³-hybridized carbons (Fsp3) is 0.0588. The maximum atomic E-state index is 12.0. The van der Waals surface area contributed by atoms with Crippen LogP contribution in [-0.4, -0.2) is 14.8 Å². The van der Waals surface area contributed by atoms with E-state index >= 15 is 0 Å². The van der Waals surface area contributed by atoms with E-state index < -0.39 is 5.56 Å². The van der Waals surface area contributed by atoms with E-state index in [2.05, 4.69) is 10.1 Å². The first-order valence-electron chi connectivity index (χ1n) is 7.03. The van der Waals surface area contributed by atoms with E-state index in [-0.39, 0.29) is 22.5 Å². The van der Waals surface area contributed by atoms with Gasteiger partial charge in [-0.15, -0.1) is 0 Å². The minimum Gasteiger partial charge on any atom is -0.384 e. The van der Waals surface area contributed by atoms with Crippen molar-refractivity contribution in [3.63, 3.8) is 0 Å². The van der Waals surface area contributed by atoms with Crippen LogP contribution in [0.5, 0.6) is 0 Å². The zero-order chi connectivity index (χ0) is 17.3. The summed E-state index contributed by atoms with van der Waals surface area (Å²) in [6.45, 7) is 1.84. The van der Waals surface area contributed by atoms with E-state index in [0.29, 0.717) is 5.56 Å². The second-order valence-electron chi connectivity index (χ2n) is 5.17. The van der Waals surface area contributed by atoms with Crippen LogP contribution in [0.4, 0.5) is 5.82 Å². The van der Waals surface area contributed by atoms with Crippen molar-refractivity contribution in [2.75, 3.05) is 5.73 Å². The quantitative estimate of drug-likeness (QED) is 0.746. The van der Waals surface area contributed by atoms with Gasteiger partial charge in [-0.1, -0.05) is 6.07 Å². The van der Waals surface area contributed by atoms with Crippen molar-refractivity contribution in [3.8, 4) is 29.0 Å². The molecule has 0 unspecified atom stereocenters. The number of nitrogens with two attached hydrogens (primary N) is 1. The first kappa shape index (κ1) is 15.1. The number of benzene rings is 1. The largest absolute Gasteiger partial charge is 0.384 e. The third kappa shape index (κ3) is 2.31. The first-order valence-corrected chi connectivity index (χ1v) is 7.03. The molecule has 3 aromatic rings. The topological polar surface area (TPSA) is 124 Å². The molecule has 2 aromatic heterocycles. The van der Waals surface area contributed by atoms with Gasteiger partial charge in [0.05, 0.1) is 5.69 Å². The average molecular weight is 316 g/mol. The molecule has 24 heavy (non-hydrogen) atoms. The highest BCUT2D eigenvalue weighted by Gasteiger charge is 2.19. The summed E-state index contributed by atoms with van der Waals surface area (Å²) < 4.78 is 1.69. The molecule has 7 nitrogen and oxygen atoms in total. The third-order valence-electron chi connectivity index (χ3n) is 3.72. The zero-order valence-corrected chi connectivity index (χ0v) is 12.7. The Hall–Kier alpha value is -3.84. The highest BCUT2D eigenvalue weighted by Crippen LogP contribution is 2.31. The maximum Gasteiger partial charge on any atom is 0.268 e. The van der Waals surface area contributed by atoms with Crippen molar-refractivity contribution in [3.05, 3.63) is 63.7 Å². The lowest BCUT2D eigenvalue weighted by Crippen LogP contribution is -2.16. The van der Waals surface area contributed by atoms with E-state index in [9.17, 15) is 15.3 Å². The Labute approximate surface area is 137 Å². The monoisotopic (exact) mass is 316 g/mol. The number of pyridine rings is 1. The van der Waals surface area contributed by atoms with Crippen LogP contribution < -0.4 is 11.3 Å². The standard InChI is InChI=1S/C17H12N6O/c1-10-7-11(23-6-2-5-21-23)3-4-12(10)15-13(8-18)16(20)22-17(24)14(15)9-19/h2-7H,1H3,(H3,20,22,24). The fourth-order valence-corrected chi connectivity index (χ4v) is 2.61. The molecule has 2 heterocycles. The van der Waals surface area contributed by atoms with Crippen molar-refractivity contribution in [2.24, 2.45) is 0 Å². The molecule has 0 amide bonds. The summed E-state index contributed by atoms with van der Waals surface area (Å²) in [6.07, 6.45) is 3.48. The Kier molecular flexibility index (Phi) is 3.61. The Morgan fingerprint density at radius 3 is 2.58 bits per heavy atom. The number of nitrogens with zero attached hydrogens (tertiary/aromatic N) is 4. The van der Waals surface area contributed by atoms with Gasteiger partial charge in [0, 0.05) is 18.0 Å². The van der Waals surface area contributed by atoms with Crippen molar-refractivity contribution in [2.45, 2.75) is 6.92 Å². The molecule has 7 heteroatoms. The molecular formula is C17H12N6O. The van der Waals surface area contributed by atoms with E-state index in [1.165, 1.54) is 0 Å². The second kappa shape index (κ2) is 5.75. The molecule has 0 radical (unpaired) electrons. The summed E-state index contributed by atoms with van der Waals surface area (Å²) in [5.41, 5.74) is 7.58. The normalized spacial score (nSPS) is 10.1. The van der Waals surface area contributed by atoms with Gasteiger partial charge in [0.15, 0.2) is 0 Å². The van der Waals surface area contributed by atoms with E-state index in [1.807, 2.05) is 31.2 Å². The average Bonchev–Trinajstić information content (AvgIpc) is 3.09. The molecule has 0 spiro atoms. The number of nitrogen functional groups attached to an aromatic ring is 1. The van der Waals surface area contributed by atoms with Crippen LogP contribution in [0.15, 0.2) is 41.5 Å².